The summed E-state index contributed by atoms with van der Waals surface area (Å²) in [6.07, 6.45) is 5.61. The minimum absolute atomic E-state index is 0. The standard InChI is InChI=1S/C14H16N6O.ClH/c1-19-6-4-15-8-11(19)13-17-14(21-18-13)10-2-3-12-16-5-7-20(12)9-10;/h2-3,5,7,9,11,15H,4,6,8H2,1H3;1H. The van der Waals surface area contributed by atoms with Gasteiger partial charge in [0, 0.05) is 38.2 Å². The van der Waals surface area contributed by atoms with Gasteiger partial charge >= 0.3 is 0 Å². The van der Waals surface area contributed by atoms with Gasteiger partial charge in [0.1, 0.15) is 5.65 Å². The molecule has 1 unspecified atom stereocenters. The van der Waals surface area contributed by atoms with E-state index in [9.17, 15) is 0 Å². The number of halogens is 1. The van der Waals surface area contributed by atoms with Crippen molar-refractivity contribution in [2.24, 2.45) is 0 Å². The topological polar surface area (TPSA) is 71.5 Å². The fourth-order valence-electron chi connectivity index (χ4n) is 2.63. The fourth-order valence-corrected chi connectivity index (χ4v) is 2.63. The molecule has 3 aromatic heterocycles. The molecule has 116 valence electrons. The molecule has 8 heteroatoms. The predicted molar refractivity (Wildman–Crippen MR) is 84.0 cm³/mol. The van der Waals surface area contributed by atoms with Crippen molar-refractivity contribution in [2.45, 2.75) is 6.04 Å². The van der Waals surface area contributed by atoms with Crippen LogP contribution in [-0.4, -0.2) is 51.1 Å². The molecule has 0 aromatic carbocycles. The Hall–Kier alpha value is -1.96. The number of aromatic nitrogens is 4. The van der Waals surface area contributed by atoms with Crippen LogP contribution in [0.3, 0.4) is 0 Å². The first-order chi connectivity index (χ1) is 10.3. The van der Waals surface area contributed by atoms with Crippen LogP contribution in [0.5, 0.6) is 0 Å². The zero-order chi connectivity index (χ0) is 14.2. The first kappa shape index (κ1) is 15.0. The number of hydrogen-bond acceptors (Lipinski definition) is 6. The molecule has 1 atom stereocenters. The highest BCUT2D eigenvalue weighted by atomic mass is 35.5. The van der Waals surface area contributed by atoms with Gasteiger partial charge in [-0.3, -0.25) is 4.90 Å². The number of likely N-dealkylation sites (N-methyl/N-ethyl adjacent to an activating group) is 1. The largest absolute Gasteiger partial charge is 0.334 e. The predicted octanol–water partition coefficient (Wildman–Crippen LogP) is 1.38. The minimum atomic E-state index is 0. The molecule has 7 nitrogen and oxygen atoms in total. The van der Waals surface area contributed by atoms with Crippen LogP contribution >= 0.6 is 12.4 Å². The lowest BCUT2D eigenvalue weighted by Crippen LogP contribution is -2.44. The number of piperazine rings is 1. The number of pyridine rings is 1. The Balaban J connectivity index is 0.00000144. The summed E-state index contributed by atoms with van der Waals surface area (Å²) >= 11 is 0. The monoisotopic (exact) mass is 320 g/mol. The highest BCUT2D eigenvalue weighted by molar-refractivity contribution is 5.85. The SMILES string of the molecule is CN1CCNCC1c1noc(-c2ccc3nccn3c2)n1.Cl. The molecule has 0 saturated carbocycles. The maximum Gasteiger partial charge on any atom is 0.259 e. The van der Waals surface area contributed by atoms with Crippen molar-refractivity contribution in [3.63, 3.8) is 0 Å². The molecule has 1 fully saturated rings. The summed E-state index contributed by atoms with van der Waals surface area (Å²) in [5, 5.41) is 7.50. The van der Waals surface area contributed by atoms with Crippen molar-refractivity contribution in [3.05, 3.63) is 36.5 Å². The maximum absolute atomic E-state index is 5.43. The van der Waals surface area contributed by atoms with Gasteiger partial charge in [0.25, 0.3) is 5.89 Å². The van der Waals surface area contributed by atoms with Gasteiger partial charge in [0.15, 0.2) is 5.82 Å². The van der Waals surface area contributed by atoms with Gasteiger partial charge in [-0.2, -0.15) is 4.98 Å². The molecule has 3 aromatic rings. The quantitative estimate of drug-likeness (QED) is 0.769. The Bertz CT molecular complexity index is 769. The lowest BCUT2D eigenvalue weighted by molar-refractivity contribution is 0.190. The molecule has 1 aliphatic rings. The summed E-state index contributed by atoms with van der Waals surface area (Å²) in [4.78, 5) is 11.0. The Morgan fingerprint density at radius 1 is 1.36 bits per heavy atom. The number of imidazole rings is 1. The molecule has 0 spiro atoms. The molecule has 1 aliphatic heterocycles. The van der Waals surface area contributed by atoms with Crippen LogP contribution in [0.2, 0.25) is 0 Å². The van der Waals surface area contributed by atoms with Crippen LogP contribution in [0.4, 0.5) is 0 Å². The Morgan fingerprint density at radius 2 is 2.27 bits per heavy atom. The summed E-state index contributed by atoms with van der Waals surface area (Å²) in [6, 6.07) is 4.05. The molecule has 1 N–H and O–H groups in total. The zero-order valence-electron chi connectivity index (χ0n) is 12.1. The number of rotatable bonds is 2. The number of nitrogens with one attached hydrogen (secondary N) is 1. The lowest BCUT2D eigenvalue weighted by Gasteiger charge is -2.30. The van der Waals surface area contributed by atoms with E-state index in [2.05, 4.69) is 32.4 Å². The second-order valence-corrected chi connectivity index (χ2v) is 5.27. The van der Waals surface area contributed by atoms with Crippen LogP contribution in [0.15, 0.2) is 35.2 Å². The van der Waals surface area contributed by atoms with Crippen molar-refractivity contribution in [2.75, 3.05) is 26.7 Å². The Kier molecular flexibility index (Phi) is 4.10. The Labute approximate surface area is 133 Å². The molecule has 0 radical (unpaired) electrons. The molecular weight excluding hydrogens is 304 g/mol. The molecule has 0 amide bonds. The number of hydrogen-bond donors (Lipinski definition) is 1. The third-order valence-electron chi connectivity index (χ3n) is 3.89. The van der Waals surface area contributed by atoms with Gasteiger partial charge in [0.05, 0.1) is 11.6 Å². The maximum atomic E-state index is 5.43. The highest BCUT2D eigenvalue weighted by Gasteiger charge is 2.25. The lowest BCUT2D eigenvalue weighted by atomic mass is 10.2. The van der Waals surface area contributed by atoms with E-state index in [0.29, 0.717) is 5.89 Å². The zero-order valence-corrected chi connectivity index (χ0v) is 13.0. The van der Waals surface area contributed by atoms with Gasteiger partial charge in [-0.15, -0.1) is 12.4 Å². The second kappa shape index (κ2) is 6.04. The van der Waals surface area contributed by atoms with E-state index in [1.54, 1.807) is 6.20 Å². The first-order valence-corrected chi connectivity index (χ1v) is 6.99. The Morgan fingerprint density at radius 3 is 3.14 bits per heavy atom. The van der Waals surface area contributed by atoms with Crippen molar-refractivity contribution in [1.29, 1.82) is 0 Å². The van der Waals surface area contributed by atoms with E-state index in [1.165, 1.54) is 0 Å². The van der Waals surface area contributed by atoms with Gasteiger partial charge < -0.3 is 14.2 Å². The first-order valence-electron chi connectivity index (χ1n) is 6.99. The van der Waals surface area contributed by atoms with Crippen molar-refractivity contribution >= 4 is 18.1 Å². The fraction of sp³-hybridized carbons (Fsp3) is 0.357. The van der Waals surface area contributed by atoms with Crippen LogP contribution in [0.25, 0.3) is 17.1 Å². The van der Waals surface area contributed by atoms with E-state index in [0.717, 1.165) is 36.7 Å². The van der Waals surface area contributed by atoms with Crippen LogP contribution < -0.4 is 5.32 Å². The van der Waals surface area contributed by atoms with Crippen LogP contribution in [0, 0.1) is 0 Å². The minimum Gasteiger partial charge on any atom is -0.334 e. The summed E-state index contributed by atoms with van der Waals surface area (Å²) < 4.78 is 7.37. The van der Waals surface area contributed by atoms with E-state index in [1.807, 2.05) is 28.9 Å². The summed E-state index contributed by atoms with van der Waals surface area (Å²) in [5.41, 5.74) is 1.79. The van der Waals surface area contributed by atoms with Crippen LogP contribution in [0.1, 0.15) is 11.9 Å². The summed E-state index contributed by atoms with van der Waals surface area (Å²) in [7, 11) is 2.08. The third kappa shape index (κ3) is 2.58. The van der Waals surface area contributed by atoms with Crippen molar-refractivity contribution in [3.8, 4) is 11.5 Å². The van der Waals surface area contributed by atoms with Gasteiger partial charge in [-0.05, 0) is 19.2 Å². The van der Waals surface area contributed by atoms with E-state index in [-0.39, 0.29) is 18.4 Å². The average Bonchev–Trinajstić information content (AvgIpc) is 3.16. The molecule has 4 heterocycles. The van der Waals surface area contributed by atoms with E-state index < -0.39 is 0 Å². The van der Waals surface area contributed by atoms with Crippen LogP contribution in [-0.2, 0) is 0 Å². The third-order valence-corrected chi connectivity index (χ3v) is 3.89. The van der Waals surface area contributed by atoms with Gasteiger partial charge in [-0.1, -0.05) is 5.16 Å². The molecule has 0 bridgehead atoms. The normalized spacial score (nSPS) is 19.2. The van der Waals surface area contributed by atoms with Crippen molar-refractivity contribution < 1.29 is 4.52 Å². The van der Waals surface area contributed by atoms with Crippen molar-refractivity contribution in [1.82, 2.24) is 29.7 Å². The van der Waals surface area contributed by atoms with Gasteiger partial charge in [-0.25, -0.2) is 4.98 Å². The second-order valence-electron chi connectivity index (χ2n) is 5.27. The van der Waals surface area contributed by atoms with Gasteiger partial charge in [0.2, 0.25) is 0 Å². The summed E-state index contributed by atoms with van der Waals surface area (Å²) in [5.74, 6) is 1.27. The molecule has 1 saturated heterocycles. The molecular formula is C14H17ClN6O. The highest BCUT2D eigenvalue weighted by Crippen LogP contribution is 2.22. The smallest absolute Gasteiger partial charge is 0.259 e. The average molecular weight is 321 g/mol. The molecule has 22 heavy (non-hydrogen) atoms. The van der Waals surface area contributed by atoms with E-state index in [4.69, 9.17) is 4.52 Å². The molecule has 4 rings (SSSR count). The number of nitrogens with zero attached hydrogens (tertiary/aromatic N) is 5. The molecule has 0 aliphatic carbocycles. The van der Waals surface area contributed by atoms with E-state index >= 15 is 0 Å². The summed E-state index contributed by atoms with van der Waals surface area (Å²) in [6.45, 7) is 2.82. The number of fused-ring (bicyclic) bond motifs is 1.